The van der Waals surface area contributed by atoms with Crippen molar-refractivity contribution >= 4 is 6.29 Å². The number of nitrogens with zero attached hydrogens (tertiary/aromatic N) is 1. The SMILES string of the molecule is O=Cc1ccc(F)c(CCc2c(F)cc(O)cc2F)n1. The standard InChI is InChI=1S/C14H10F3NO2/c15-11-3-1-8(7-19)18-14(11)4-2-10-12(16)5-9(20)6-13(10)17/h1,3,5-7,20H,2,4H2. The third-order valence-electron chi connectivity index (χ3n) is 2.80. The molecule has 0 fully saturated rings. The van der Waals surface area contributed by atoms with Crippen LogP contribution in [0.15, 0.2) is 24.3 Å². The number of phenols is 1. The molecule has 6 heteroatoms. The van der Waals surface area contributed by atoms with Crippen LogP contribution in [0.4, 0.5) is 13.2 Å². The highest BCUT2D eigenvalue weighted by Crippen LogP contribution is 2.21. The highest BCUT2D eigenvalue weighted by molar-refractivity contribution is 5.71. The van der Waals surface area contributed by atoms with Gasteiger partial charge in [-0.05, 0) is 25.0 Å². The number of aryl methyl sites for hydroxylation is 1. The van der Waals surface area contributed by atoms with Crippen molar-refractivity contribution in [2.24, 2.45) is 0 Å². The molecule has 0 atom stereocenters. The minimum atomic E-state index is -0.908. The smallest absolute Gasteiger partial charge is 0.168 e. The van der Waals surface area contributed by atoms with Crippen molar-refractivity contribution in [1.82, 2.24) is 4.98 Å². The second-order valence-corrected chi connectivity index (χ2v) is 4.17. The topological polar surface area (TPSA) is 50.2 Å². The molecule has 0 saturated heterocycles. The van der Waals surface area contributed by atoms with Gasteiger partial charge in [0, 0.05) is 17.7 Å². The molecular weight excluding hydrogens is 271 g/mol. The number of hydrogen-bond acceptors (Lipinski definition) is 3. The first-order valence-electron chi connectivity index (χ1n) is 5.78. The summed E-state index contributed by atoms with van der Waals surface area (Å²) in [6, 6.07) is 3.86. The van der Waals surface area contributed by atoms with Gasteiger partial charge in [0.05, 0.1) is 5.69 Å². The molecule has 0 aliphatic heterocycles. The van der Waals surface area contributed by atoms with E-state index in [4.69, 9.17) is 5.11 Å². The molecule has 0 bridgehead atoms. The molecule has 0 aliphatic carbocycles. The molecule has 0 radical (unpaired) electrons. The van der Waals surface area contributed by atoms with Gasteiger partial charge in [0.2, 0.25) is 0 Å². The first kappa shape index (κ1) is 14.0. The lowest BCUT2D eigenvalue weighted by molar-refractivity contribution is 0.111. The Balaban J connectivity index is 2.23. The summed E-state index contributed by atoms with van der Waals surface area (Å²) in [5.74, 6) is -2.98. The summed E-state index contributed by atoms with van der Waals surface area (Å²) >= 11 is 0. The lowest BCUT2D eigenvalue weighted by Gasteiger charge is -2.06. The molecule has 0 amide bonds. The maximum absolute atomic E-state index is 13.5. The maximum Gasteiger partial charge on any atom is 0.168 e. The number of aromatic nitrogens is 1. The highest BCUT2D eigenvalue weighted by Gasteiger charge is 2.13. The first-order chi connectivity index (χ1) is 9.51. The number of carbonyl (C=O) groups excluding carboxylic acids is 1. The largest absolute Gasteiger partial charge is 0.508 e. The lowest BCUT2D eigenvalue weighted by atomic mass is 10.1. The summed E-state index contributed by atoms with van der Waals surface area (Å²) in [5, 5.41) is 9.02. The monoisotopic (exact) mass is 281 g/mol. The Morgan fingerprint density at radius 2 is 1.70 bits per heavy atom. The van der Waals surface area contributed by atoms with E-state index in [0.29, 0.717) is 6.29 Å². The van der Waals surface area contributed by atoms with Crippen LogP contribution in [0.5, 0.6) is 5.75 Å². The van der Waals surface area contributed by atoms with Crippen LogP contribution in [0.25, 0.3) is 0 Å². The number of halogens is 3. The van der Waals surface area contributed by atoms with Gasteiger partial charge in [-0.3, -0.25) is 4.79 Å². The van der Waals surface area contributed by atoms with Gasteiger partial charge in [-0.15, -0.1) is 0 Å². The molecule has 0 spiro atoms. The third kappa shape index (κ3) is 2.96. The fraction of sp³-hybridized carbons (Fsp3) is 0.143. The molecule has 0 saturated carbocycles. The molecular formula is C14H10F3NO2. The summed E-state index contributed by atoms with van der Waals surface area (Å²) in [6.07, 6.45) is 0.265. The Kier molecular flexibility index (Phi) is 4.02. The molecule has 1 N–H and O–H groups in total. The number of aldehydes is 1. The molecule has 1 aromatic heterocycles. The predicted octanol–water partition coefficient (Wildman–Crippen LogP) is 2.80. The third-order valence-corrected chi connectivity index (χ3v) is 2.80. The first-order valence-corrected chi connectivity index (χ1v) is 5.78. The molecule has 20 heavy (non-hydrogen) atoms. The van der Waals surface area contributed by atoms with Gasteiger partial charge in [-0.1, -0.05) is 0 Å². The number of pyridine rings is 1. The average molecular weight is 281 g/mol. The van der Waals surface area contributed by atoms with Crippen molar-refractivity contribution < 1.29 is 23.1 Å². The summed E-state index contributed by atoms with van der Waals surface area (Å²) in [7, 11) is 0. The molecule has 2 rings (SSSR count). The minimum absolute atomic E-state index is 0.0403. The van der Waals surface area contributed by atoms with Gasteiger partial charge in [-0.25, -0.2) is 18.2 Å². The van der Waals surface area contributed by atoms with Crippen LogP contribution >= 0.6 is 0 Å². The second kappa shape index (κ2) is 5.73. The van der Waals surface area contributed by atoms with Gasteiger partial charge in [0.25, 0.3) is 0 Å². The molecule has 2 aromatic rings. The maximum atomic E-state index is 13.5. The van der Waals surface area contributed by atoms with Crippen LogP contribution in [0, 0.1) is 17.5 Å². The quantitative estimate of drug-likeness (QED) is 0.877. The Morgan fingerprint density at radius 3 is 2.30 bits per heavy atom. The molecule has 3 nitrogen and oxygen atoms in total. The summed E-state index contributed by atoms with van der Waals surface area (Å²) < 4.78 is 40.4. The lowest BCUT2D eigenvalue weighted by Crippen LogP contribution is -2.04. The normalized spacial score (nSPS) is 10.6. The number of rotatable bonds is 4. The van der Waals surface area contributed by atoms with Crippen LogP contribution in [-0.4, -0.2) is 16.4 Å². The van der Waals surface area contributed by atoms with Crippen molar-refractivity contribution in [3.63, 3.8) is 0 Å². The highest BCUT2D eigenvalue weighted by atomic mass is 19.1. The van der Waals surface area contributed by atoms with E-state index in [1.165, 1.54) is 6.07 Å². The van der Waals surface area contributed by atoms with Gasteiger partial charge in [0.15, 0.2) is 6.29 Å². The van der Waals surface area contributed by atoms with E-state index in [0.717, 1.165) is 18.2 Å². The average Bonchev–Trinajstić information content (AvgIpc) is 2.39. The van der Waals surface area contributed by atoms with E-state index in [9.17, 15) is 18.0 Å². The molecule has 104 valence electrons. The Bertz CT molecular complexity index is 636. The van der Waals surface area contributed by atoms with Gasteiger partial charge in [-0.2, -0.15) is 0 Å². The number of benzene rings is 1. The molecule has 1 aromatic carbocycles. The van der Waals surface area contributed by atoms with Crippen LogP contribution in [0.3, 0.4) is 0 Å². The van der Waals surface area contributed by atoms with E-state index < -0.39 is 23.2 Å². The molecule has 1 heterocycles. The van der Waals surface area contributed by atoms with Gasteiger partial charge < -0.3 is 5.11 Å². The van der Waals surface area contributed by atoms with Crippen LogP contribution in [0.1, 0.15) is 21.7 Å². The zero-order chi connectivity index (χ0) is 14.7. The van der Waals surface area contributed by atoms with E-state index in [1.54, 1.807) is 0 Å². The van der Waals surface area contributed by atoms with Gasteiger partial charge >= 0.3 is 0 Å². The molecule has 0 unspecified atom stereocenters. The zero-order valence-electron chi connectivity index (χ0n) is 10.2. The number of hydrogen-bond donors (Lipinski definition) is 1. The van der Waals surface area contributed by atoms with Crippen molar-refractivity contribution in [3.05, 3.63) is 58.7 Å². The summed E-state index contributed by atoms with van der Waals surface area (Å²) in [4.78, 5) is 14.3. The van der Waals surface area contributed by atoms with Gasteiger partial charge in [0.1, 0.15) is 28.9 Å². The van der Waals surface area contributed by atoms with Crippen molar-refractivity contribution in [3.8, 4) is 5.75 Å². The predicted molar refractivity (Wildman–Crippen MR) is 65.0 cm³/mol. The fourth-order valence-corrected chi connectivity index (χ4v) is 1.81. The van der Waals surface area contributed by atoms with Crippen LogP contribution in [-0.2, 0) is 12.8 Å². The fourth-order valence-electron chi connectivity index (χ4n) is 1.81. The number of carbonyl (C=O) groups is 1. The second-order valence-electron chi connectivity index (χ2n) is 4.17. The van der Waals surface area contributed by atoms with Crippen molar-refractivity contribution in [2.45, 2.75) is 12.8 Å². The van der Waals surface area contributed by atoms with Crippen molar-refractivity contribution in [2.75, 3.05) is 0 Å². The Labute approximate surface area is 112 Å². The Morgan fingerprint density at radius 1 is 1.05 bits per heavy atom. The Hall–Kier alpha value is -2.37. The number of phenolic OH excluding ortho intramolecular Hbond substituents is 1. The van der Waals surface area contributed by atoms with E-state index in [-0.39, 0.29) is 29.8 Å². The van der Waals surface area contributed by atoms with Crippen LogP contribution in [0.2, 0.25) is 0 Å². The summed E-state index contributed by atoms with van der Waals surface area (Å²) in [6.45, 7) is 0. The van der Waals surface area contributed by atoms with E-state index in [2.05, 4.69) is 4.98 Å². The molecule has 0 aliphatic rings. The van der Waals surface area contributed by atoms with Crippen molar-refractivity contribution in [1.29, 1.82) is 0 Å². The van der Waals surface area contributed by atoms with Crippen LogP contribution < -0.4 is 0 Å². The van der Waals surface area contributed by atoms with E-state index in [1.807, 2.05) is 0 Å². The summed E-state index contributed by atoms with van der Waals surface area (Å²) in [5.41, 5.74) is -0.255. The number of aromatic hydroxyl groups is 1. The minimum Gasteiger partial charge on any atom is -0.508 e. The van der Waals surface area contributed by atoms with E-state index >= 15 is 0 Å². The zero-order valence-corrected chi connectivity index (χ0v) is 10.2.